The SMILES string of the molecule is CCOC(=O)/C=C/c1ccc(/C(=C(\c2ccc(F)cc2Cl)C2CCC2)c2coc3c(O)cccc23)cc1. The molecule has 5 rings (SSSR count). The first-order valence-electron chi connectivity index (χ1n) is 12.3. The van der Waals surface area contributed by atoms with E-state index in [1.165, 1.54) is 18.2 Å². The van der Waals surface area contributed by atoms with Gasteiger partial charge in [-0.05, 0) is 77.8 Å². The number of esters is 1. The normalized spacial score (nSPS) is 14.6. The summed E-state index contributed by atoms with van der Waals surface area (Å²) in [6, 6.07) is 17.6. The van der Waals surface area contributed by atoms with E-state index >= 15 is 0 Å². The second-order valence-corrected chi connectivity index (χ2v) is 9.46. The molecule has 0 atom stereocenters. The Labute approximate surface area is 219 Å². The van der Waals surface area contributed by atoms with Crippen molar-refractivity contribution in [2.24, 2.45) is 5.92 Å². The van der Waals surface area contributed by atoms with Crippen LogP contribution in [0, 0.1) is 11.7 Å². The number of furan rings is 1. The van der Waals surface area contributed by atoms with Gasteiger partial charge in [0.05, 0.1) is 17.9 Å². The van der Waals surface area contributed by atoms with Crippen molar-refractivity contribution in [3.05, 3.63) is 106 Å². The summed E-state index contributed by atoms with van der Waals surface area (Å²) >= 11 is 6.62. The van der Waals surface area contributed by atoms with Crippen molar-refractivity contribution < 1.29 is 23.4 Å². The summed E-state index contributed by atoms with van der Waals surface area (Å²) in [4.78, 5) is 11.7. The predicted octanol–water partition coefficient (Wildman–Crippen LogP) is 8.27. The summed E-state index contributed by atoms with van der Waals surface area (Å²) < 4.78 is 24.8. The Bertz CT molecular complexity index is 1510. The van der Waals surface area contributed by atoms with Crippen molar-refractivity contribution in [1.29, 1.82) is 0 Å². The zero-order chi connectivity index (χ0) is 25.9. The molecule has 37 heavy (non-hydrogen) atoms. The van der Waals surface area contributed by atoms with Gasteiger partial charge < -0.3 is 14.3 Å². The number of hydrogen-bond donors (Lipinski definition) is 1. The number of carbonyl (C=O) groups is 1. The smallest absolute Gasteiger partial charge is 0.330 e. The van der Waals surface area contributed by atoms with Crippen LogP contribution in [0.1, 0.15) is 48.4 Å². The molecule has 4 aromatic rings. The number of carbonyl (C=O) groups excluding carboxylic acids is 1. The summed E-state index contributed by atoms with van der Waals surface area (Å²) in [6.45, 7) is 2.08. The number of ether oxygens (including phenoxy) is 1. The molecule has 1 fully saturated rings. The quantitative estimate of drug-likeness (QED) is 0.152. The maximum atomic E-state index is 14.0. The number of aromatic hydroxyl groups is 1. The predicted molar refractivity (Wildman–Crippen MR) is 145 cm³/mol. The molecule has 4 nitrogen and oxygen atoms in total. The van der Waals surface area contributed by atoms with Gasteiger partial charge in [0.15, 0.2) is 11.3 Å². The lowest BCUT2D eigenvalue weighted by molar-refractivity contribution is -0.137. The van der Waals surface area contributed by atoms with Crippen molar-refractivity contribution in [3.8, 4) is 5.75 Å². The molecule has 3 aromatic carbocycles. The third kappa shape index (κ3) is 5.05. The van der Waals surface area contributed by atoms with Crippen LogP contribution in [0.15, 0.2) is 77.4 Å². The van der Waals surface area contributed by atoms with Crippen LogP contribution in [0.2, 0.25) is 5.02 Å². The zero-order valence-electron chi connectivity index (χ0n) is 20.3. The maximum absolute atomic E-state index is 14.0. The fourth-order valence-corrected chi connectivity index (χ4v) is 5.04. The van der Waals surface area contributed by atoms with Crippen LogP contribution in [-0.4, -0.2) is 17.7 Å². The minimum Gasteiger partial charge on any atom is -0.504 e. The van der Waals surface area contributed by atoms with Gasteiger partial charge in [-0.1, -0.05) is 60.5 Å². The molecule has 6 heteroatoms. The number of phenolic OH excluding ortho intramolecular Hbond substituents is 1. The van der Waals surface area contributed by atoms with Gasteiger partial charge in [0.2, 0.25) is 0 Å². The van der Waals surface area contributed by atoms with Crippen molar-refractivity contribution in [3.63, 3.8) is 0 Å². The van der Waals surface area contributed by atoms with E-state index < -0.39 is 5.97 Å². The zero-order valence-corrected chi connectivity index (χ0v) is 21.1. The molecule has 0 aliphatic heterocycles. The van der Waals surface area contributed by atoms with E-state index in [4.69, 9.17) is 20.8 Å². The number of fused-ring (bicyclic) bond motifs is 1. The molecular weight excluding hydrogens is 491 g/mol. The standard InChI is InChI=1S/C31H26ClFO4/c1-2-36-28(35)16-11-19-9-12-21(13-10-19)30(25-18-37-31-23(25)7-4-8-27(31)34)29(20-5-3-6-20)24-15-14-22(33)17-26(24)32/h4,7-18,20,34H,2-3,5-6H2,1H3/b16-11+,30-29+. The lowest BCUT2D eigenvalue weighted by Crippen LogP contribution is -2.15. The highest BCUT2D eigenvalue weighted by Crippen LogP contribution is 2.48. The summed E-state index contributed by atoms with van der Waals surface area (Å²) in [5.41, 5.74) is 5.71. The molecular formula is C31H26ClFO4. The Kier molecular flexibility index (Phi) is 7.15. The average molecular weight is 517 g/mol. The largest absolute Gasteiger partial charge is 0.504 e. The molecule has 0 unspecified atom stereocenters. The number of para-hydroxylation sites is 1. The van der Waals surface area contributed by atoms with E-state index in [2.05, 4.69) is 0 Å². The van der Waals surface area contributed by atoms with Gasteiger partial charge >= 0.3 is 5.97 Å². The number of rotatable bonds is 7. The Morgan fingerprint density at radius 1 is 1.14 bits per heavy atom. The van der Waals surface area contributed by atoms with Gasteiger partial charge in [-0.25, -0.2) is 9.18 Å². The number of benzene rings is 3. The Balaban J connectivity index is 1.72. The Morgan fingerprint density at radius 3 is 2.59 bits per heavy atom. The van der Waals surface area contributed by atoms with Crippen LogP contribution in [0.25, 0.3) is 28.2 Å². The number of allylic oxidation sites excluding steroid dienone is 1. The van der Waals surface area contributed by atoms with Crippen molar-refractivity contribution in [2.75, 3.05) is 6.61 Å². The minimum absolute atomic E-state index is 0.0626. The lowest BCUT2D eigenvalue weighted by atomic mass is 9.73. The molecule has 1 aromatic heterocycles. The molecule has 0 bridgehead atoms. The monoisotopic (exact) mass is 516 g/mol. The number of hydrogen-bond acceptors (Lipinski definition) is 4. The summed E-state index contributed by atoms with van der Waals surface area (Å²) in [7, 11) is 0. The third-order valence-electron chi connectivity index (χ3n) is 6.75. The van der Waals surface area contributed by atoms with Gasteiger partial charge in [-0.3, -0.25) is 0 Å². The van der Waals surface area contributed by atoms with Crippen LogP contribution in [0.3, 0.4) is 0 Å². The van der Waals surface area contributed by atoms with Gasteiger partial charge in [0.1, 0.15) is 5.82 Å². The molecule has 0 radical (unpaired) electrons. The van der Waals surface area contributed by atoms with Gasteiger partial charge in [0, 0.05) is 17.0 Å². The highest BCUT2D eigenvalue weighted by molar-refractivity contribution is 6.33. The van der Waals surface area contributed by atoms with E-state index in [-0.39, 0.29) is 17.5 Å². The van der Waals surface area contributed by atoms with E-state index in [9.17, 15) is 14.3 Å². The molecule has 1 heterocycles. The average Bonchev–Trinajstić information content (AvgIpc) is 3.28. The first kappa shape index (κ1) is 24.8. The Hall–Kier alpha value is -3.83. The van der Waals surface area contributed by atoms with Crippen molar-refractivity contribution in [1.82, 2.24) is 0 Å². The van der Waals surface area contributed by atoms with Crippen LogP contribution >= 0.6 is 11.6 Å². The summed E-state index contributed by atoms with van der Waals surface area (Å²) in [5, 5.41) is 11.5. The van der Waals surface area contributed by atoms with Gasteiger partial charge in [0.25, 0.3) is 0 Å². The van der Waals surface area contributed by atoms with E-state index in [0.717, 1.165) is 58.0 Å². The molecule has 0 spiro atoms. The topological polar surface area (TPSA) is 59.7 Å². The molecule has 1 aliphatic carbocycles. The highest BCUT2D eigenvalue weighted by Gasteiger charge is 2.30. The first-order chi connectivity index (χ1) is 18.0. The van der Waals surface area contributed by atoms with E-state index in [1.807, 2.05) is 30.3 Å². The second kappa shape index (κ2) is 10.7. The maximum Gasteiger partial charge on any atom is 0.330 e. The lowest BCUT2D eigenvalue weighted by Gasteiger charge is -2.32. The summed E-state index contributed by atoms with van der Waals surface area (Å²) in [6.07, 6.45) is 7.86. The molecule has 188 valence electrons. The minimum atomic E-state index is -0.393. The number of phenols is 1. The van der Waals surface area contributed by atoms with E-state index in [1.54, 1.807) is 37.5 Å². The number of halogens is 2. The molecule has 1 saturated carbocycles. The van der Waals surface area contributed by atoms with Crippen LogP contribution in [-0.2, 0) is 9.53 Å². The fraction of sp³-hybridized carbons (Fsp3) is 0.194. The van der Waals surface area contributed by atoms with Crippen molar-refractivity contribution in [2.45, 2.75) is 26.2 Å². The fourth-order valence-electron chi connectivity index (χ4n) is 4.77. The van der Waals surface area contributed by atoms with E-state index in [0.29, 0.717) is 17.2 Å². The molecule has 1 aliphatic rings. The third-order valence-corrected chi connectivity index (χ3v) is 7.06. The Morgan fingerprint density at radius 2 is 1.92 bits per heavy atom. The van der Waals surface area contributed by atoms with Gasteiger partial charge in [-0.2, -0.15) is 0 Å². The molecule has 1 N–H and O–H groups in total. The van der Waals surface area contributed by atoms with Crippen LogP contribution < -0.4 is 0 Å². The van der Waals surface area contributed by atoms with Crippen molar-refractivity contribution >= 4 is 45.8 Å². The van der Waals surface area contributed by atoms with Crippen LogP contribution in [0.4, 0.5) is 4.39 Å². The highest BCUT2D eigenvalue weighted by atomic mass is 35.5. The first-order valence-corrected chi connectivity index (χ1v) is 12.7. The van der Waals surface area contributed by atoms with Crippen LogP contribution in [0.5, 0.6) is 5.75 Å². The molecule has 0 amide bonds. The van der Waals surface area contributed by atoms with Gasteiger partial charge in [-0.15, -0.1) is 0 Å². The second-order valence-electron chi connectivity index (χ2n) is 9.05. The summed E-state index contributed by atoms with van der Waals surface area (Å²) in [5.74, 6) is -0.481. The molecule has 0 saturated heterocycles.